The molecule has 1 atom stereocenters. The van der Waals surface area contributed by atoms with Crippen molar-refractivity contribution >= 4 is 17.6 Å². The Bertz CT molecular complexity index is 635. The van der Waals surface area contributed by atoms with E-state index in [1.165, 1.54) is 0 Å². The molecule has 1 heterocycles. The molecule has 0 spiro atoms. The molecule has 0 saturated carbocycles. The summed E-state index contributed by atoms with van der Waals surface area (Å²) >= 11 is 5.94. The second kappa shape index (κ2) is 4.70. The molecule has 1 aromatic heterocycles. The molecule has 1 N–H and O–H groups in total. The second-order valence-corrected chi connectivity index (χ2v) is 5.11. The van der Waals surface area contributed by atoms with Gasteiger partial charge in [-0.1, -0.05) is 17.7 Å². The van der Waals surface area contributed by atoms with Gasteiger partial charge in [0.15, 0.2) is 0 Å². The fourth-order valence-electron chi connectivity index (χ4n) is 2.33. The van der Waals surface area contributed by atoms with Crippen LogP contribution in [0.2, 0.25) is 5.02 Å². The largest absolute Gasteiger partial charge is 0.481 e. The van der Waals surface area contributed by atoms with Gasteiger partial charge in [0, 0.05) is 17.0 Å². The number of aromatic nitrogens is 1. The van der Waals surface area contributed by atoms with Gasteiger partial charge < -0.3 is 9.52 Å². The molecule has 0 saturated heterocycles. The molecule has 3 rings (SSSR count). The molecule has 5 heteroatoms. The van der Waals surface area contributed by atoms with Crippen LogP contribution in [0.4, 0.5) is 0 Å². The van der Waals surface area contributed by atoms with E-state index in [4.69, 9.17) is 21.1 Å². The molecule has 0 bridgehead atoms. The minimum Gasteiger partial charge on any atom is -0.481 e. The highest BCUT2D eigenvalue weighted by atomic mass is 35.5. The first-order valence-corrected chi connectivity index (χ1v) is 6.48. The standard InChI is InChI=1S/C14H12ClNO3/c15-10-3-1-2-8(6-10)13-16-11-5-4-9(14(17)18)7-12(11)19-13/h1-3,6,9H,4-5,7H2,(H,17,18). The molecule has 19 heavy (non-hydrogen) atoms. The monoisotopic (exact) mass is 277 g/mol. The van der Waals surface area contributed by atoms with Gasteiger partial charge in [-0.25, -0.2) is 4.98 Å². The number of aliphatic carboxylic acids is 1. The number of oxazole rings is 1. The molecular weight excluding hydrogens is 266 g/mol. The third-order valence-electron chi connectivity index (χ3n) is 3.36. The van der Waals surface area contributed by atoms with Crippen molar-refractivity contribution in [1.29, 1.82) is 0 Å². The number of carboxylic acid groups (broad SMARTS) is 1. The van der Waals surface area contributed by atoms with E-state index in [1.54, 1.807) is 12.1 Å². The predicted octanol–water partition coefficient (Wildman–Crippen LogP) is 3.18. The average molecular weight is 278 g/mol. The van der Waals surface area contributed by atoms with Gasteiger partial charge in [0.05, 0.1) is 11.6 Å². The fraction of sp³-hybridized carbons (Fsp3) is 0.286. The predicted molar refractivity (Wildman–Crippen MR) is 70.1 cm³/mol. The van der Waals surface area contributed by atoms with E-state index in [1.807, 2.05) is 12.1 Å². The van der Waals surface area contributed by atoms with Gasteiger partial charge in [-0.2, -0.15) is 0 Å². The molecule has 1 aliphatic rings. The normalized spacial score (nSPS) is 18.1. The Labute approximate surface area is 115 Å². The Balaban J connectivity index is 1.93. The molecule has 1 aromatic carbocycles. The topological polar surface area (TPSA) is 63.3 Å². The third kappa shape index (κ3) is 2.36. The fourth-order valence-corrected chi connectivity index (χ4v) is 2.52. The van der Waals surface area contributed by atoms with Crippen LogP contribution in [0.1, 0.15) is 17.9 Å². The summed E-state index contributed by atoms with van der Waals surface area (Å²) in [6.07, 6.45) is 1.68. The Morgan fingerprint density at radius 2 is 2.32 bits per heavy atom. The molecule has 0 radical (unpaired) electrons. The molecule has 98 valence electrons. The minimum atomic E-state index is -0.772. The summed E-state index contributed by atoms with van der Waals surface area (Å²) in [5.41, 5.74) is 1.68. The smallest absolute Gasteiger partial charge is 0.306 e. The Hall–Kier alpha value is -1.81. The van der Waals surface area contributed by atoms with Crippen molar-refractivity contribution < 1.29 is 14.3 Å². The number of aryl methyl sites for hydroxylation is 1. The molecule has 0 amide bonds. The number of rotatable bonds is 2. The number of halogens is 1. The van der Waals surface area contributed by atoms with Gasteiger partial charge in [0.1, 0.15) is 5.76 Å². The lowest BCUT2D eigenvalue weighted by Crippen LogP contribution is -2.21. The summed E-state index contributed by atoms with van der Waals surface area (Å²) in [5, 5.41) is 9.67. The van der Waals surface area contributed by atoms with Crippen molar-refractivity contribution in [3.8, 4) is 11.5 Å². The molecule has 1 aliphatic carbocycles. The van der Waals surface area contributed by atoms with Crippen molar-refractivity contribution in [2.24, 2.45) is 5.92 Å². The zero-order valence-corrected chi connectivity index (χ0v) is 10.9. The highest BCUT2D eigenvalue weighted by Crippen LogP contribution is 2.30. The maximum Gasteiger partial charge on any atom is 0.306 e. The second-order valence-electron chi connectivity index (χ2n) is 4.68. The van der Waals surface area contributed by atoms with E-state index in [-0.39, 0.29) is 5.92 Å². The van der Waals surface area contributed by atoms with Crippen molar-refractivity contribution in [1.82, 2.24) is 4.98 Å². The number of hydrogen-bond donors (Lipinski definition) is 1. The molecule has 2 aromatic rings. The SMILES string of the molecule is O=C(O)C1CCc2nc(-c3cccc(Cl)c3)oc2C1. The number of benzene rings is 1. The van der Waals surface area contributed by atoms with Gasteiger partial charge in [-0.3, -0.25) is 4.79 Å². The highest BCUT2D eigenvalue weighted by molar-refractivity contribution is 6.30. The van der Waals surface area contributed by atoms with Crippen LogP contribution in [0.15, 0.2) is 28.7 Å². The molecular formula is C14H12ClNO3. The summed E-state index contributed by atoms with van der Waals surface area (Å²) in [5.74, 6) is 0.0613. The van der Waals surface area contributed by atoms with Crippen LogP contribution in [-0.4, -0.2) is 16.1 Å². The van der Waals surface area contributed by atoms with Crippen molar-refractivity contribution in [2.75, 3.05) is 0 Å². The van der Waals surface area contributed by atoms with E-state index in [2.05, 4.69) is 4.98 Å². The minimum absolute atomic E-state index is 0.368. The molecule has 4 nitrogen and oxygen atoms in total. The summed E-state index contributed by atoms with van der Waals surface area (Å²) in [4.78, 5) is 15.4. The van der Waals surface area contributed by atoms with E-state index in [9.17, 15) is 4.79 Å². The number of fused-ring (bicyclic) bond motifs is 1. The van der Waals surface area contributed by atoms with Gasteiger partial charge in [-0.05, 0) is 31.0 Å². The Morgan fingerprint density at radius 1 is 1.47 bits per heavy atom. The van der Waals surface area contributed by atoms with Crippen LogP contribution < -0.4 is 0 Å². The van der Waals surface area contributed by atoms with Gasteiger partial charge in [0.25, 0.3) is 0 Å². The first kappa shape index (κ1) is 12.2. The molecule has 0 aliphatic heterocycles. The van der Waals surface area contributed by atoms with E-state index in [0.717, 1.165) is 11.3 Å². The van der Waals surface area contributed by atoms with Crippen LogP contribution in [0.5, 0.6) is 0 Å². The first-order chi connectivity index (χ1) is 9.13. The van der Waals surface area contributed by atoms with Crippen LogP contribution in [0.3, 0.4) is 0 Å². The first-order valence-electron chi connectivity index (χ1n) is 6.11. The summed E-state index contributed by atoms with van der Waals surface area (Å²) in [6, 6.07) is 7.28. The van der Waals surface area contributed by atoms with Gasteiger partial charge in [-0.15, -0.1) is 0 Å². The number of carboxylic acids is 1. The van der Waals surface area contributed by atoms with Crippen LogP contribution in [0.25, 0.3) is 11.5 Å². The maximum absolute atomic E-state index is 11.0. The zero-order chi connectivity index (χ0) is 13.4. The number of carbonyl (C=O) groups is 1. The van der Waals surface area contributed by atoms with Gasteiger partial charge in [0.2, 0.25) is 5.89 Å². The van der Waals surface area contributed by atoms with Crippen molar-refractivity contribution in [3.05, 3.63) is 40.7 Å². The third-order valence-corrected chi connectivity index (χ3v) is 3.60. The number of nitrogens with zero attached hydrogens (tertiary/aromatic N) is 1. The van der Waals surface area contributed by atoms with Crippen LogP contribution in [-0.2, 0) is 17.6 Å². The summed E-state index contributed by atoms with van der Waals surface area (Å²) in [6.45, 7) is 0. The highest BCUT2D eigenvalue weighted by Gasteiger charge is 2.28. The lowest BCUT2D eigenvalue weighted by molar-refractivity contribution is -0.142. The van der Waals surface area contributed by atoms with E-state index >= 15 is 0 Å². The summed E-state index contributed by atoms with van der Waals surface area (Å²) in [7, 11) is 0. The molecule has 0 fully saturated rings. The van der Waals surface area contributed by atoms with E-state index in [0.29, 0.717) is 35.9 Å². The Kier molecular flexibility index (Phi) is 3.03. The van der Waals surface area contributed by atoms with Crippen molar-refractivity contribution in [2.45, 2.75) is 19.3 Å². The van der Waals surface area contributed by atoms with Crippen LogP contribution in [0, 0.1) is 5.92 Å². The lowest BCUT2D eigenvalue weighted by atomic mass is 9.91. The Morgan fingerprint density at radius 3 is 3.05 bits per heavy atom. The number of hydrogen-bond acceptors (Lipinski definition) is 3. The quantitative estimate of drug-likeness (QED) is 0.916. The lowest BCUT2D eigenvalue weighted by Gasteiger charge is -2.15. The summed E-state index contributed by atoms with van der Waals surface area (Å²) < 4.78 is 5.69. The van der Waals surface area contributed by atoms with Gasteiger partial charge >= 0.3 is 5.97 Å². The maximum atomic E-state index is 11.0. The van der Waals surface area contributed by atoms with Crippen molar-refractivity contribution in [3.63, 3.8) is 0 Å². The average Bonchev–Trinajstić information content (AvgIpc) is 2.81. The molecule has 1 unspecified atom stereocenters. The van der Waals surface area contributed by atoms with E-state index < -0.39 is 5.97 Å². The van der Waals surface area contributed by atoms with Crippen LogP contribution >= 0.6 is 11.6 Å². The zero-order valence-electron chi connectivity index (χ0n) is 10.1.